The zero-order valence-electron chi connectivity index (χ0n) is 17.9. The summed E-state index contributed by atoms with van der Waals surface area (Å²) in [6.45, 7) is 4.35. The van der Waals surface area contributed by atoms with Crippen LogP contribution in [-0.4, -0.2) is 66.5 Å². The Morgan fingerprint density at radius 3 is 2.42 bits per heavy atom. The van der Waals surface area contributed by atoms with E-state index in [0.29, 0.717) is 26.1 Å². The third-order valence-electron chi connectivity index (χ3n) is 6.05. The molecule has 0 aliphatic carbocycles. The van der Waals surface area contributed by atoms with Crippen molar-refractivity contribution >= 4 is 11.8 Å². The van der Waals surface area contributed by atoms with Gasteiger partial charge in [0.25, 0.3) is 0 Å². The Labute approximate surface area is 184 Å². The molecule has 2 aliphatic heterocycles. The molecule has 0 saturated carbocycles. The van der Waals surface area contributed by atoms with Gasteiger partial charge in [0.2, 0.25) is 11.8 Å². The molecule has 2 amide bonds. The number of carbonyl (C=O) groups is 2. The molecular weight excluding hydrogens is 390 g/mol. The Bertz CT molecular complexity index is 859. The molecule has 4 rings (SSSR count). The second kappa shape index (κ2) is 10.6. The molecule has 2 aromatic rings. The molecule has 31 heavy (non-hydrogen) atoms. The van der Waals surface area contributed by atoms with Crippen LogP contribution >= 0.6 is 0 Å². The zero-order chi connectivity index (χ0) is 21.5. The fourth-order valence-electron chi connectivity index (χ4n) is 4.43. The Morgan fingerprint density at radius 1 is 0.968 bits per heavy atom. The molecule has 0 spiro atoms. The van der Waals surface area contributed by atoms with Crippen LogP contribution in [0.5, 0.6) is 0 Å². The first-order valence-electron chi connectivity index (χ1n) is 11.2. The van der Waals surface area contributed by atoms with E-state index in [1.54, 1.807) is 4.90 Å². The standard InChI is InChI=1S/C25H31N3O3/c29-24(16-20-8-3-1-4-9-20)28-13-7-12-23(28)25(30)26-17-22-19-27(14-15-31-22)18-21-10-5-2-6-11-21/h1-6,8-11,22-23H,7,12-19H2,(H,26,30)/t22-,23-/m0/s1. The van der Waals surface area contributed by atoms with Crippen molar-refractivity contribution in [1.82, 2.24) is 15.1 Å². The summed E-state index contributed by atoms with van der Waals surface area (Å²) in [6, 6.07) is 19.7. The van der Waals surface area contributed by atoms with E-state index in [9.17, 15) is 9.59 Å². The van der Waals surface area contributed by atoms with E-state index in [0.717, 1.165) is 38.0 Å². The Balaban J connectivity index is 1.26. The molecule has 164 valence electrons. The third kappa shape index (κ3) is 5.93. The lowest BCUT2D eigenvalue weighted by molar-refractivity contribution is -0.138. The van der Waals surface area contributed by atoms with Crippen molar-refractivity contribution in [2.45, 2.75) is 38.0 Å². The van der Waals surface area contributed by atoms with Crippen LogP contribution < -0.4 is 5.32 Å². The van der Waals surface area contributed by atoms with Gasteiger partial charge in [0.15, 0.2) is 0 Å². The monoisotopic (exact) mass is 421 g/mol. The van der Waals surface area contributed by atoms with Crippen LogP contribution in [-0.2, 0) is 27.3 Å². The number of ether oxygens (including phenoxy) is 1. The van der Waals surface area contributed by atoms with Gasteiger partial charge >= 0.3 is 0 Å². The first kappa shape index (κ1) is 21.5. The van der Waals surface area contributed by atoms with E-state index in [-0.39, 0.29) is 24.0 Å². The maximum Gasteiger partial charge on any atom is 0.242 e. The van der Waals surface area contributed by atoms with Crippen molar-refractivity contribution < 1.29 is 14.3 Å². The average Bonchev–Trinajstić information content (AvgIpc) is 3.29. The lowest BCUT2D eigenvalue weighted by atomic mass is 10.1. The topological polar surface area (TPSA) is 61.9 Å². The summed E-state index contributed by atoms with van der Waals surface area (Å²) < 4.78 is 5.88. The smallest absolute Gasteiger partial charge is 0.242 e. The van der Waals surface area contributed by atoms with Gasteiger partial charge in [0.05, 0.1) is 19.1 Å². The maximum atomic E-state index is 12.9. The lowest BCUT2D eigenvalue weighted by Gasteiger charge is -2.33. The summed E-state index contributed by atoms with van der Waals surface area (Å²) >= 11 is 0. The van der Waals surface area contributed by atoms with Crippen molar-refractivity contribution in [2.24, 2.45) is 0 Å². The van der Waals surface area contributed by atoms with Gasteiger partial charge < -0.3 is 15.0 Å². The zero-order valence-corrected chi connectivity index (χ0v) is 17.9. The van der Waals surface area contributed by atoms with E-state index in [2.05, 4.69) is 34.5 Å². The summed E-state index contributed by atoms with van der Waals surface area (Å²) in [5, 5.41) is 3.04. The summed E-state index contributed by atoms with van der Waals surface area (Å²) in [7, 11) is 0. The molecule has 0 aromatic heterocycles. The number of hydrogen-bond acceptors (Lipinski definition) is 4. The molecule has 0 unspecified atom stereocenters. The summed E-state index contributed by atoms with van der Waals surface area (Å²) in [5.74, 6) is -0.0468. The van der Waals surface area contributed by atoms with Crippen LogP contribution in [0, 0.1) is 0 Å². The molecule has 6 heteroatoms. The molecule has 2 fully saturated rings. The minimum Gasteiger partial charge on any atom is -0.374 e. The number of morpholine rings is 1. The van der Waals surface area contributed by atoms with Crippen LogP contribution in [0.3, 0.4) is 0 Å². The second-order valence-electron chi connectivity index (χ2n) is 8.37. The molecular formula is C25H31N3O3. The van der Waals surface area contributed by atoms with Crippen molar-refractivity contribution in [3.05, 3.63) is 71.8 Å². The molecule has 1 N–H and O–H groups in total. The van der Waals surface area contributed by atoms with Crippen molar-refractivity contribution in [1.29, 1.82) is 0 Å². The highest BCUT2D eigenvalue weighted by Crippen LogP contribution is 2.19. The number of benzene rings is 2. The summed E-state index contributed by atoms with van der Waals surface area (Å²) in [4.78, 5) is 29.7. The van der Waals surface area contributed by atoms with E-state index < -0.39 is 0 Å². The van der Waals surface area contributed by atoms with Crippen molar-refractivity contribution in [3.8, 4) is 0 Å². The van der Waals surface area contributed by atoms with Gasteiger partial charge in [-0.15, -0.1) is 0 Å². The average molecular weight is 422 g/mol. The van der Waals surface area contributed by atoms with E-state index >= 15 is 0 Å². The first-order valence-corrected chi connectivity index (χ1v) is 11.2. The first-order chi connectivity index (χ1) is 15.2. The number of amides is 2. The predicted octanol–water partition coefficient (Wildman–Crippen LogP) is 2.24. The molecule has 2 atom stereocenters. The highest BCUT2D eigenvalue weighted by molar-refractivity contribution is 5.89. The highest BCUT2D eigenvalue weighted by atomic mass is 16.5. The van der Waals surface area contributed by atoms with Crippen molar-refractivity contribution in [3.63, 3.8) is 0 Å². The number of rotatable bonds is 7. The van der Waals surface area contributed by atoms with Gasteiger partial charge in [0.1, 0.15) is 6.04 Å². The van der Waals surface area contributed by atoms with E-state index in [4.69, 9.17) is 4.74 Å². The molecule has 0 radical (unpaired) electrons. The molecule has 2 aliphatic rings. The van der Waals surface area contributed by atoms with Crippen LogP contribution in [0.2, 0.25) is 0 Å². The Kier molecular flexibility index (Phi) is 7.33. The number of nitrogens with one attached hydrogen (secondary N) is 1. The highest BCUT2D eigenvalue weighted by Gasteiger charge is 2.34. The van der Waals surface area contributed by atoms with E-state index in [1.165, 1.54) is 5.56 Å². The largest absolute Gasteiger partial charge is 0.374 e. The molecule has 2 heterocycles. The molecule has 2 aromatic carbocycles. The lowest BCUT2D eigenvalue weighted by Crippen LogP contribution is -2.51. The Morgan fingerprint density at radius 2 is 1.68 bits per heavy atom. The predicted molar refractivity (Wildman–Crippen MR) is 119 cm³/mol. The van der Waals surface area contributed by atoms with Crippen LogP contribution in [0.25, 0.3) is 0 Å². The van der Waals surface area contributed by atoms with Gasteiger partial charge in [-0.25, -0.2) is 0 Å². The minimum atomic E-state index is -0.375. The van der Waals surface area contributed by atoms with E-state index in [1.807, 2.05) is 36.4 Å². The number of likely N-dealkylation sites (tertiary alicyclic amines) is 1. The molecule has 2 saturated heterocycles. The second-order valence-corrected chi connectivity index (χ2v) is 8.37. The maximum absolute atomic E-state index is 12.9. The van der Waals surface area contributed by atoms with Gasteiger partial charge in [-0.05, 0) is 24.0 Å². The fraction of sp³-hybridized carbons (Fsp3) is 0.440. The number of carbonyl (C=O) groups excluding carboxylic acids is 2. The van der Waals surface area contributed by atoms with Crippen LogP contribution in [0.4, 0.5) is 0 Å². The van der Waals surface area contributed by atoms with Crippen LogP contribution in [0.15, 0.2) is 60.7 Å². The van der Waals surface area contributed by atoms with Crippen molar-refractivity contribution in [2.75, 3.05) is 32.8 Å². The number of nitrogens with zero attached hydrogens (tertiary/aromatic N) is 2. The fourth-order valence-corrected chi connectivity index (χ4v) is 4.43. The normalized spacial score (nSPS) is 21.7. The number of hydrogen-bond donors (Lipinski definition) is 1. The van der Waals surface area contributed by atoms with Gasteiger partial charge in [-0.3, -0.25) is 14.5 Å². The minimum absolute atomic E-state index is 0.0202. The SMILES string of the molecule is O=C(NC[C@H]1CN(Cc2ccccc2)CCO1)[C@@H]1CCCN1C(=O)Cc1ccccc1. The van der Waals surface area contributed by atoms with Gasteiger partial charge in [0, 0.05) is 32.7 Å². The van der Waals surface area contributed by atoms with Gasteiger partial charge in [-0.1, -0.05) is 60.7 Å². The van der Waals surface area contributed by atoms with Gasteiger partial charge in [-0.2, -0.15) is 0 Å². The summed E-state index contributed by atoms with van der Waals surface area (Å²) in [5.41, 5.74) is 2.26. The third-order valence-corrected chi connectivity index (χ3v) is 6.05. The Hall–Kier alpha value is -2.70. The molecule has 0 bridgehead atoms. The molecule has 6 nitrogen and oxygen atoms in total. The summed E-state index contributed by atoms with van der Waals surface area (Å²) in [6.07, 6.45) is 1.89. The quantitative estimate of drug-likeness (QED) is 0.745. The van der Waals surface area contributed by atoms with Crippen LogP contribution in [0.1, 0.15) is 24.0 Å².